The third kappa shape index (κ3) is 6.97. The minimum Gasteiger partial charge on any atom is -0.400 e. The largest absolute Gasteiger partial charge is 0.400 e. The maximum atomic E-state index is 11.2. The Morgan fingerprint density at radius 2 is 1.95 bits per heavy atom. The number of carbonyl (C=O) groups is 3. The van der Waals surface area contributed by atoms with Crippen LogP contribution in [-0.4, -0.2) is 49.5 Å². The molecule has 0 aromatic rings. The molecule has 0 unspecified atom stereocenters. The lowest BCUT2D eigenvalue weighted by molar-refractivity contribution is -0.137. The van der Waals surface area contributed by atoms with Crippen molar-refractivity contribution in [1.29, 1.82) is 0 Å². The molecule has 7 heteroatoms. The molecule has 1 aliphatic rings. The molecule has 1 heterocycles. The van der Waals surface area contributed by atoms with Gasteiger partial charge in [0.25, 0.3) is 11.8 Å². The van der Waals surface area contributed by atoms with Crippen molar-refractivity contribution in [3.05, 3.63) is 12.2 Å². The van der Waals surface area contributed by atoms with Gasteiger partial charge in [-0.05, 0) is 6.42 Å². The lowest BCUT2D eigenvalue weighted by Crippen LogP contribution is -2.34. The molecule has 1 N–H and O–H groups in total. The van der Waals surface area contributed by atoms with Gasteiger partial charge in [0.1, 0.15) is 7.11 Å². The molecule has 0 bridgehead atoms. The standard InChI is InChI=1S/C10H14N2O3.C2H5NO/c1-2-6-11-8(13)5-7-12-9(14)3-4-10(12)15;1-3-4-2/h3-4H,2,5-7H2,1H3,(H,11,13);1H2,2H3. The van der Waals surface area contributed by atoms with Gasteiger partial charge in [-0.25, -0.2) is 0 Å². The second-order valence-electron chi connectivity index (χ2n) is 3.57. The molecule has 3 amide bonds. The number of hydrogen-bond acceptors (Lipinski definition) is 5. The molecular weight excluding hydrogens is 250 g/mol. The van der Waals surface area contributed by atoms with Gasteiger partial charge in [-0.2, -0.15) is 0 Å². The summed E-state index contributed by atoms with van der Waals surface area (Å²) in [6.45, 7) is 5.74. The number of nitrogens with zero attached hydrogens (tertiary/aromatic N) is 2. The first-order valence-electron chi connectivity index (χ1n) is 5.86. The van der Waals surface area contributed by atoms with E-state index in [1.54, 1.807) is 0 Å². The normalized spacial score (nSPS) is 12.8. The Labute approximate surface area is 112 Å². The molecule has 0 aliphatic carbocycles. The van der Waals surface area contributed by atoms with Crippen molar-refractivity contribution in [1.82, 2.24) is 10.2 Å². The second-order valence-corrected chi connectivity index (χ2v) is 3.57. The first-order valence-corrected chi connectivity index (χ1v) is 5.86. The Bertz CT molecular complexity index is 348. The summed E-state index contributed by atoms with van der Waals surface area (Å²) in [6.07, 6.45) is 3.46. The van der Waals surface area contributed by atoms with Gasteiger partial charge in [-0.1, -0.05) is 6.92 Å². The van der Waals surface area contributed by atoms with Gasteiger partial charge in [0.05, 0.1) is 0 Å². The van der Waals surface area contributed by atoms with Gasteiger partial charge in [0.15, 0.2) is 0 Å². The van der Waals surface area contributed by atoms with Crippen molar-refractivity contribution < 1.29 is 19.2 Å². The van der Waals surface area contributed by atoms with E-state index in [4.69, 9.17) is 0 Å². The summed E-state index contributed by atoms with van der Waals surface area (Å²) in [7, 11) is 1.45. The molecule has 1 rings (SSSR count). The number of oxime groups is 1. The number of imide groups is 1. The van der Waals surface area contributed by atoms with Crippen molar-refractivity contribution >= 4 is 24.4 Å². The molecule has 0 spiro atoms. The van der Waals surface area contributed by atoms with Crippen LogP contribution in [0.1, 0.15) is 19.8 Å². The molecule has 0 atom stereocenters. The van der Waals surface area contributed by atoms with Crippen LogP contribution < -0.4 is 5.32 Å². The van der Waals surface area contributed by atoms with Gasteiger partial charge in [-0.15, -0.1) is 5.16 Å². The van der Waals surface area contributed by atoms with E-state index < -0.39 is 0 Å². The molecule has 7 nitrogen and oxygen atoms in total. The number of nitrogens with one attached hydrogen (secondary N) is 1. The van der Waals surface area contributed by atoms with Crippen LogP contribution in [0, 0.1) is 0 Å². The highest BCUT2D eigenvalue weighted by Gasteiger charge is 2.23. The van der Waals surface area contributed by atoms with E-state index in [-0.39, 0.29) is 30.7 Å². The Balaban J connectivity index is 0.000000711. The SMILES string of the molecule is C=NOC.CCCNC(=O)CCN1C(=O)C=CC1=O. The van der Waals surface area contributed by atoms with Crippen LogP contribution in [0.2, 0.25) is 0 Å². The maximum absolute atomic E-state index is 11.2. The molecule has 1 aliphatic heterocycles. The molecule has 0 saturated heterocycles. The fraction of sp³-hybridized carbons (Fsp3) is 0.500. The molecule has 0 fully saturated rings. The summed E-state index contributed by atoms with van der Waals surface area (Å²) >= 11 is 0. The molecule has 19 heavy (non-hydrogen) atoms. The van der Waals surface area contributed by atoms with Crippen LogP contribution in [0.15, 0.2) is 17.3 Å². The minimum absolute atomic E-state index is 0.135. The summed E-state index contributed by atoms with van der Waals surface area (Å²) in [6, 6.07) is 0. The second kappa shape index (κ2) is 9.81. The molecule has 0 aromatic carbocycles. The zero-order chi connectivity index (χ0) is 14.7. The van der Waals surface area contributed by atoms with Crippen molar-refractivity contribution in [2.45, 2.75) is 19.8 Å². The van der Waals surface area contributed by atoms with Crippen LogP contribution in [0.3, 0.4) is 0 Å². The van der Waals surface area contributed by atoms with Gasteiger partial charge < -0.3 is 10.2 Å². The van der Waals surface area contributed by atoms with E-state index in [1.807, 2.05) is 6.92 Å². The summed E-state index contributed by atoms with van der Waals surface area (Å²) in [5, 5.41) is 5.66. The average molecular weight is 269 g/mol. The topological polar surface area (TPSA) is 88.1 Å². The quantitative estimate of drug-likeness (QED) is 0.420. The van der Waals surface area contributed by atoms with E-state index in [1.165, 1.54) is 19.3 Å². The molecule has 0 saturated carbocycles. The fourth-order valence-corrected chi connectivity index (χ4v) is 1.22. The monoisotopic (exact) mass is 269 g/mol. The van der Waals surface area contributed by atoms with Gasteiger partial charge >= 0.3 is 0 Å². The molecule has 106 valence electrons. The summed E-state index contributed by atoms with van der Waals surface area (Å²) in [4.78, 5) is 38.5. The molecule has 0 aromatic heterocycles. The summed E-state index contributed by atoms with van der Waals surface area (Å²) < 4.78 is 0. The Hall–Kier alpha value is -2.18. The number of hydrogen-bond donors (Lipinski definition) is 1. The molecule has 0 radical (unpaired) electrons. The fourth-order valence-electron chi connectivity index (χ4n) is 1.22. The maximum Gasteiger partial charge on any atom is 0.253 e. The number of rotatable bonds is 6. The van der Waals surface area contributed by atoms with Crippen LogP contribution in [0.4, 0.5) is 0 Å². The zero-order valence-electron chi connectivity index (χ0n) is 11.2. The number of carbonyl (C=O) groups excluding carboxylic acids is 3. The van der Waals surface area contributed by atoms with Crippen LogP contribution in [0.5, 0.6) is 0 Å². The van der Waals surface area contributed by atoms with E-state index in [9.17, 15) is 14.4 Å². The average Bonchev–Trinajstić information content (AvgIpc) is 2.73. The predicted octanol–water partition coefficient (Wildman–Crippen LogP) is 0.0761. The van der Waals surface area contributed by atoms with E-state index in [0.29, 0.717) is 6.54 Å². The third-order valence-electron chi connectivity index (χ3n) is 2.16. The minimum atomic E-state index is -0.344. The van der Waals surface area contributed by atoms with Crippen LogP contribution in [-0.2, 0) is 19.2 Å². The highest BCUT2D eigenvalue weighted by molar-refractivity contribution is 6.13. The van der Waals surface area contributed by atoms with Crippen molar-refractivity contribution in [2.75, 3.05) is 20.2 Å². The van der Waals surface area contributed by atoms with E-state index in [2.05, 4.69) is 22.0 Å². The third-order valence-corrected chi connectivity index (χ3v) is 2.16. The predicted molar refractivity (Wildman–Crippen MR) is 70.3 cm³/mol. The van der Waals surface area contributed by atoms with Crippen LogP contribution >= 0.6 is 0 Å². The lowest BCUT2D eigenvalue weighted by Gasteiger charge is -2.12. The highest BCUT2D eigenvalue weighted by atomic mass is 16.6. The first kappa shape index (κ1) is 16.8. The van der Waals surface area contributed by atoms with Crippen molar-refractivity contribution in [2.24, 2.45) is 5.16 Å². The number of amides is 3. The Morgan fingerprint density at radius 3 is 2.37 bits per heavy atom. The highest BCUT2D eigenvalue weighted by Crippen LogP contribution is 2.03. The zero-order valence-corrected chi connectivity index (χ0v) is 11.2. The lowest BCUT2D eigenvalue weighted by atomic mass is 10.3. The summed E-state index contributed by atoms with van der Waals surface area (Å²) in [5.41, 5.74) is 0. The molecular formula is C12H19N3O4. The van der Waals surface area contributed by atoms with Crippen molar-refractivity contribution in [3.63, 3.8) is 0 Å². The Kier molecular flexibility index (Phi) is 8.68. The van der Waals surface area contributed by atoms with Crippen molar-refractivity contribution in [3.8, 4) is 0 Å². The van der Waals surface area contributed by atoms with E-state index in [0.717, 1.165) is 11.3 Å². The smallest absolute Gasteiger partial charge is 0.253 e. The Morgan fingerprint density at radius 1 is 1.42 bits per heavy atom. The van der Waals surface area contributed by atoms with Crippen LogP contribution in [0.25, 0.3) is 0 Å². The first-order chi connectivity index (χ1) is 9.06. The summed E-state index contributed by atoms with van der Waals surface area (Å²) in [5.74, 6) is -0.823. The van der Waals surface area contributed by atoms with Gasteiger partial charge in [0, 0.05) is 38.4 Å². The van der Waals surface area contributed by atoms with Gasteiger partial charge in [0.2, 0.25) is 5.91 Å². The van der Waals surface area contributed by atoms with E-state index >= 15 is 0 Å². The van der Waals surface area contributed by atoms with Gasteiger partial charge in [-0.3, -0.25) is 19.3 Å².